The molecular weight excluding hydrogens is 323 g/mol. The number of para-hydroxylation sites is 1. The van der Waals surface area contributed by atoms with Crippen LogP contribution in [-0.2, 0) is 6.18 Å². The van der Waals surface area contributed by atoms with E-state index in [0.29, 0.717) is 5.69 Å². The highest BCUT2D eigenvalue weighted by Crippen LogP contribution is 2.25. The van der Waals surface area contributed by atoms with E-state index in [-0.39, 0.29) is 17.2 Å². The average molecular weight is 333 g/mol. The Kier molecular flexibility index (Phi) is 3.98. The number of aromatic nitrogens is 4. The normalized spacial score (nSPS) is 11.3. The lowest BCUT2D eigenvalue weighted by Crippen LogP contribution is -2.12. The zero-order valence-electron chi connectivity index (χ0n) is 12.0. The number of nitrogens with zero attached hydrogens (tertiary/aromatic N) is 4. The monoisotopic (exact) mass is 333 g/mol. The molecular formula is C15H10F3N5O. The van der Waals surface area contributed by atoms with Crippen molar-refractivity contribution < 1.29 is 18.0 Å². The number of amides is 1. The summed E-state index contributed by atoms with van der Waals surface area (Å²) in [6.07, 6.45) is 0.0486. The van der Waals surface area contributed by atoms with Crippen LogP contribution in [0.15, 0.2) is 55.1 Å². The van der Waals surface area contributed by atoms with Gasteiger partial charge in [-0.15, -0.1) is 0 Å². The van der Waals surface area contributed by atoms with E-state index in [4.69, 9.17) is 0 Å². The highest BCUT2D eigenvalue weighted by Gasteiger charge is 2.34. The molecule has 3 aromatic rings. The van der Waals surface area contributed by atoms with E-state index in [1.165, 1.54) is 17.1 Å². The summed E-state index contributed by atoms with van der Waals surface area (Å²) >= 11 is 0. The number of carbonyl (C=O) groups excluding carboxylic acids is 1. The minimum Gasteiger partial charge on any atom is -0.322 e. The van der Waals surface area contributed by atoms with Crippen LogP contribution in [0, 0.1) is 0 Å². The fraction of sp³-hybridized carbons (Fsp3) is 0.0667. The van der Waals surface area contributed by atoms with Gasteiger partial charge in [0.2, 0.25) is 5.82 Å². The Labute approximate surface area is 134 Å². The first kappa shape index (κ1) is 15.7. The molecule has 1 amide bonds. The van der Waals surface area contributed by atoms with Crippen LogP contribution in [0.1, 0.15) is 16.2 Å². The summed E-state index contributed by atoms with van der Waals surface area (Å²) in [7, 11) is 0. The summed E-state index contributed by atoms with van der Waals surface area (Å²) in [5.74, 6) is -1.62. The van der Waals surface area contributed by atoms with E-state index in [0.717, 1.165) is 12.4 Å². The predicted octanol–water partition coefficient (Wildman–Crippen LogP) is 2.93. The largest absolute Gasteiger partial charge is 0.451 e. The number of benzene rings is 1. The maximum Gasteiger partial charge on any atom is 0.451 e. The van der Waals surface area contributed by atoms with Gasteiger partial charge in [0.25, 0.3) is 5.91 Å². The molecule has 2 heterocycles. The van der Waals surface area contributed by atoms with Gasteiger partial charge in [-0.2, -0.15) is 18.3 Å². The molecule has 0 radical (unpaired) electrons. The summed E-state index contributed by atoms with van der Waals surface area (Å²) in [6.45, 7) is 0. The maximum absolute atomic E-state index is 12.4. The third-order valence-corrected chi connectivity index (χ3v) is 3.03. The van der Waals surface area contributed by atoms with Crippen molar-refractivity contribution in [3.05, 3.63) is 66.5 Å². The first-order valence-electron chi connectivity index (χ1n) is 6.74. The van der Waals surface area contributed by atoms with Crippen LogP contribution in [-0.4, -0.2) is 25.7 Å². The van der Waals surface area contributed by atoms with Crippen LogP contribution in [0.4, 0.5) is 18.9 Å². The third kappa shape index (κ3) is 3.40. The molecule has 122 valence electrons. The first-order valence-corrected chi connectivity index (χ1v) is 6.74. The molecule has 1 aromatic carbocycles. The van der Waals surface area contributed by atoms with Crippen molar-refractivity contribution in [2.45, 2.75) is 6.18 Å². The van der Waals surface area contributed by atoms with E-state index in [1.807, 2.05) is 6.07 Å². The topological polar surface area (TPSA) is 72.7 Å². The molecule has 0 aliphatic carbocycles. The van der Waals surface area contributed by atoms with Gasteiger partial charge >= 0.3 is 6.18 Å². The van der Waals surface area contributed by atoms with Gasteiger partial charge in [0.1, 0.15) is 5.69 Å². The van der Waals surface area contributed by atoms with Gasteiger partial charge in [0, 0.05) is 11.9 Å². The summed E-state index contributed by atoms with van der Waals surface area (Å²) in [4.78, 5) is 18.6. The minimum absolute atomic E-state index is 0.210. The fourth-order valence-corrected chi connectivity index (χ4v) is 1.89. The van der Waals surface area contributed by atoms with Gasteiger partial charge in [0.05, 0.1) is 24.2 Å². The summed E-state index contributed by atoms with van der Waals surface area (Å²) < 4.78 is 38.5. The first-order chi connectivity index (χ1) is 11.4. The summed E-state index contributed by atoms with van der Waals surface area (Å²) in [5.41, 5.74) is 1.08. The van der Waals surface area contributed by atoms with Crippen molar-refractivity contribution in [1.29, 1.82) is 0 Å². The molecule has 6 nitrogen and oxygen atoms in total. The predicted molar refractivity (Wildman–Crippen MR) is 78.6 cm³/mol. The Balaban J connectivity index is 1.77. The molecule has 0 bridgehead atoms. The molecule has 3 rings (SSSR count). The molecule has 0 fully saturated rings. The number of rotatable bonds is 3. The summed E-state index contributed by atoms with van der Waals surface area (Å²) in [5, 5.41) is 6.62. The highest BCUT2D eigenvalue weighted by molar-refractivity contribution is 6.03. The summed E-state index contributed by atoms with van der Waals surface area (Å²) in [6, 6.07) is 8.83. The second-order valence-electron chi connectivity index (χ2n) is 4.76. The van der Waals surface area contributed by atoms with Gasteiger partial charge in [-0.3, -0.25) is 4.79 Å². The number of carbonyl (C=O) groups is 1. The Morgan fingerprint density at radius 1 is 1.04 bits per heavy atom. The number of anilines is 1. The zero-order valence-corrected chi connectivity index (χ0v) is 12.0. The second-order valence-corrected chi connectivity index (χ2v) is 4.76. The number of nitrogens with one attached hydrogen (secondary N) is 1. The van der Waals surface area contributed by atoms with E-state index >= 15 is 0 Å². The lowest BCUT2D eigenvalue weighted by Gasteiger charge is -2.05. The zero-order chi connectivity index (χ0) is 17.2. The Hall–Kier alpha value is -3.23. The van der Waals surface area contributed by atoms with Crippen molar-refractivity contribution in [1.82, 2.24) is 19.7 Å². The molecule has 0 spiro atoms. The minimum atomic E-state index is -4.61. The van der Waals surface area contributed by atoms with Crippen molar-refractivity contribution in [3.8, 4) is 5.69 Å². The van der Waals surface area contributed by atoms with Crippen LogP contribution in [0.2, 0.25) is 0 Å². The number of alkyl halides is 3. The van der Waals surface area contributed by atoms with Gasteiger partial charge in [-0.1, -0.05) is 18.2 Å². The molecule has 0 saturated heterocycles. The van der Waals surface area contributed by atoms with Crippen LogP contribution < -0.4 is 5.32 Å². The maximum atomic E-state index is 12.4. The lowest BCUT2D eigenvalue weighted by atomic mass is 10.3. The van der Waals surface area contributed by atoms with Gasteiger partial charge < -0.3 is 5.32 Å². The Morgan fingerprint density at radius 3 is 2.33 bits per heavy atom. The molecule has 0 saturated carbocycles. The van der Waals surface area contributed by atoms with E-state index in [9.17, 15) is 18.0 Å². The van der Waals surface area contributed by atoms with Gasteiger partial charge in [-0.25, -0.2) is 14.6 Å². The quantitative estimate of drug-likeness (QED) is 0.800. The van der Waals surface area contributed by atoms with Crippen LogP contribution in [0.25, 0.3) is 5.69 Å². The molecule has 0 aliphatic rings. The third-order valence-electron chi connectivity index (χ3n) is 3.03. The van der Waals surface area contributed by atoms with Crippen LogP contribution in [0.5, 0.6) is 0 Å². The molecule has 1 N–H and O–H groups in total. The smallest absolute Gasteiger partial charge is 0.322 e. The Bertz CT molecular complexity index is 844. The molecule has 0 aliphatic heterocycles. The molecule has 24 heavy (non-hydrogen) atoms. The van der Waals surface area contributed by atoms with Crippen molar-refractivity contribution in [2.24, 2.45) is 0 Å². The molecule has 0 atom stereocenters. The van der Waals surface area contributed by atoms with Gasteiger partial charge in [0.15, 0.2) is 0 Å². The molecule has 2 aromatic heterocycles. The molecule has 9 heteroatoms. The standard InChI is InChI=1S/C15H10F3N5O/c16-15(17,18)14-19-7-12(8-20-14)23-9-10(6-21-23)13(24)22-11-4-2-1-3-5-11/h1-9H,(H,22,24). The number of halogens is 3. The van der Waals surface area contributed by atoms with Crippen molar-refractivity contribution in [3.63, 3.8) is 0 Å². The van der Waals surface area contributed by atoms with E-state index in [2.05, 4.69) is 20.4 Å². The van der Waals surface area contributed by atoms with E-state index < -0.39 is 12.0 Å². The van der Waals surface area contributed by atoms with Crippen molar-refractivity contribution >= 4 is 11.6 Å². The SMILES string of the molecule is O=C(Nc1ccccc1)c1cnn(-c2cnc(C(F)(F)F)nc2)c1. The van der Waals surface area contributed by atoms with Gasteiger partial charge in [-0.05, 0) is 12.1 Å². The Morgan fingerprint density at radius 2 is 1.71 bits per heavy atom. The average Bonchev–Trinajstić information content (AvgIpc) is 3.05. The highest BCUT2D eigenvalue weighted by atomic mass is 19.4. The van der Waals surface area contributed by atoms with Crippen LogP contribution >= 0.6 is 0 Å². The number of hydrogen-bond acceptors (Lipinski definition) is 4. The van der Waals surface area contributed by atoms with Crippen LogP contribution in [0.3, 0.4) is 0 Å². The van der Waals surface area contributed by atoms with E-state index in [1.54, 1.807) is 24.3 Å². The molecule has 0 unspecified atom stereocenters. The second kappa shape index (κ2) is 6.11. The fourth-order valence-electron chi connectivity index (χ4n) is 1.89. The van der Waals surface area contributed by atoms with Crippen molar-refractivity contribution in [2.75, 3.05) is 5.32 Å². The lowest BCUT2D eigenvalue weighted by molar-refractivity contribution is -0.145. The number of hydrogen-bond donors (Lipinski definition) is 1.